The first-order valence-corrected chi connectivity index (χ1v) is 6.38. The summed E-state index contributed by atoms with van der Waals surface area (Å²) in [5.74, 6) is -0.434. The van der Waals surface area contributed by atoms with Gasteiger partial charge in [-0.25, -0.2) is 9.37 Å². The van der Waals surface area contributed by atoms with Crippen LogP contribution in [0.2, 0.25) is 0 Å². The topological polar surface area (TPSA) is 55.9 Å². The van der Waals surface area contributed by atoms with Crippen molar-refractivity contribution in [3.63, 3.8) is 0 Å². The number of aryl methyl sites for hydroxylation is 1. The molecule has 0 spiro atoms. The van der Waals surface area contributed by atoms with Crippen molar-refractivity contribution in [1.82, 2.24) is 9.55 Å². The van der Waals surface area contributed by atoms with Crippen LogP contribution in [0.1, 0.15) is 12.6 Å². The Morgan fingerprint density at radius 2 is 2.28 bits per heavy atom. The first-order chi connectivity index (χ1) is 8.61. The highest BCUT2D eigenvalue weighted by molar-refractivity contribution is 9.10. The summed E-state index contributed by atoms with van der Waals surface area (Å²) in [7, 11) is 0. The normalized spacial score (nSPS) is 10.6. The molecule has 6 heteroatoms. The average Bonchev–Trinajstić information content (AvgIpc) is 2.79. The number of nitrogens with zero attached hydrogens (tertiary/aromatic N) is 2. The minimum Gasteiger partial charge on any atom is -0.395 e. The maximum Gasteiger partial charge on any atom is 0.149 e. The minimum absolute atomic E-state index is 0.126. The Morgan fingerprint density at radius 1 is 1.50 bits per heavy atom. The molecule has 96 valence electrons. The molecular formula is C12H14BrFN4. The number of aromatic nitrogens is 2. The van der Waals surface area contributed by atoms with Crippen LogP contribution in [0.15, 0.2) is 29.1 Å². The van der Waals surface area contributed by atoms with E-state index in [1.165, 1.54) is 6.07 Å². The highest BCUT2D eigenvalue weighted by Crippen LogP contribution is 2.27. The fourth-order valence-corrected chi connectivity index (χ4v) is 2.13. The third kappa shape index (κ3) is 2.64. The standard InChI is InChI=1S/C12H14BrFN4/c1-2-18-7-16-5-9(18)6-17-11-4-8(13)3-10(14)12(11)15/h3-5,7,17H,2,6,15H2,1H3. The molecule has 4 nitrogen and oxygen atoms in total. The van der Waals surface area contributed by atoms with E-state index in [0.29, 0.717) is 16.7 Å². The molecule has 18 heavy (non-hydrogen) atoms. The zero-order chi connectivity index (χ0) is 13.1. The largest absolute Gasteiger partial charge is 0.395 e. The molecular weight excluding hydrogens is 299 g/mol. The van der Waals surface area contributed by atoms with E-state index in [-0.39, 0.29) is 5.69 Å². The maximum atomic E-state index is 13.4. The molecule has 0 atom stereocenters. The molecule has 0 unspecified atom stereocenters. The van der Waals surface area contributed by atoms with Crippen LogP contribution in [0.3, 0.4) is 0 Å². The molecule has 0 saturated heterocycles. The molecule has 0 radical (unpaired) electrons. The first kappa shape index (κ1) is 12.9. The average molecular weight is 313 g/mol. The maximum absolute atomic E-state index is 13.4. The number of hydrogen-bond donors (Lipinski definition) is 2. The van der Waals surface area contributed by atoms with E-state index in [0.717, 1.165) is 12.2 Å². The molecule has 0 aliphatic carbocycles. The summed E-state index contributed by atoms with van der Waals surface area (Å²) in [5.41, 5.74) is 7.41. The number of anilines is 2. The molecule has 2 rings (SSSR count). The van der Waals surface area contributed by atoms with Crippen LogP contribution < -0.4 is 11.1 Å². The van der Waals surface area contributed by atoms with Gasteiger partial charge in [0.15, 0.2) is 0 Å². The smallest absolute Gasteiger partial charge is 0.149 e. The Kier molecular flexibility index (Phi) is 3.86. The number of nitrogens with two attached hydrogens (primary N) is 1. The summed E-state index contributed by atoms with van der Waals surface area (Å²) in [6.07, 6.45) is 3.54. The second-order valence-electron chi connectivity index (χ2n) is 3.87. The van der Waals surface area contributed by atoms with Gasteiger partial charge in [-0.1, -0.05) is 15.9 Å². The molecule has 0 fully saturated rings. The Labute approximate surface area is 113 Å². The third-order valence-electron chi connectivity index (χ3n) is 2.69. The van der Waals surface area contributed by atoms with Crippen LogP contribution >= 0.6 is 15.9 Å². The number of imidazole rings is 1. The number of rotatable bonds is 4. The van der Waals surface area contributed by atoms with E-state index in [4.69, 9.17) is 5.73 Å². The van der Waals surface area contributed by atoms with Gasteiger partial charge in [-0.15, -0.1) is 0 Å². The lowest BCUT2D eigenvalue weighted by Crippen LogP contribution is -2.08. The number of nitrogen functional groups attached to an aromatic ring is 1. The fraction of sp³-hybridized carbons (Fsp3) is 0.250. The second kappa shape index (κ2) is 5.39. The Bertz CT molecular complexity index is 553. The lowest BCUT2D eigenvalue weighted by Gasteiger charge is -2.11. The van der Waals surface area contributed by atoms with E-state index in [1.807, 2.05) is 11.5 Å². The van der Waals surface area contributed by atoms with Crippen LogP contribution in [-0.4, -0.2) is 9.55 Å². The Hall–Kier alpha value is -1.56. The highest BCUT2D eigenvalue weighted by Gasteiger charge is 2.07. The summed E-state index contributed by atoms with van der Waals surface area (Å²) in [6, 6.07) is 3.10. The van der Waals surface area contributed by atoms with Gasteiger partial charge >= 0.3 is 0 Å². The molecule has 1 aromatic heterocycles. The number of nitrogens with one attached hydrogen (secondary N) is 1. The highest BCUT2D eigenvalue weighted by atomic mass is 79.9. The second-order valence-corrected chi connectivity index (χ2v) is 4.79. The van der Waals surface area contributed by atoms with Gasteiger partial charge in [0, 0.05) is 17.2 Å². The summed E-state index contributed by atoms with van der Waals surface area (Å²) in [4.78, 5) is 4.07. The van der Waals surface area contributed by atoms with E-state index >= 15 is 0 Å². The van der Waals surface area contributed by atoms with Crippen molar-refractivity contribution in [3.8, 4) is 0 Å². The zero-order valence-corrected chi connectivity index (χ0v) is 11.5. The van der Waals surface area contributed by atoms with Crippen molar-refractivity contribution in [1.29, 1.82) is 0 Å². The van der Waals surface area contributed by atoms with Crippen LogP contribution in [0.5, 0.6) is 0 Å². The lowest BCUT2D eigenvalue weighted by molar-refractivity contribution is 0.632. The van der Waals surface area contributed by atoms with Crippen LogP contribution in [0.25, 0.3) is 0 Å². The van der Waals surface area contributed by atoms with Gasteiger partial charge in [0.25, 0.3) is 0 Å². The minimum atomic E-state index is -0.434. The van der Waals surface area contributed by atoms with Crippen molar-refractivity contribution in [3.05, 3.63) is 40.6 Å². The molecule has 0 aliphatic rings. The molecule has 1 aromatic carbocycles. The summed E-state index contributed by atoms with van der Waals surface area (Å²) in [6.45, 7) is 3.44. The number of hydrogen-bond acceptors (Lipinski definition) is 3. The molecule has 0 amide bonds. The molecule has 0 aliphatic heterocycles. The van der Waals surface area contributed by atoms with Crippen molar-refractivity contribution in [2.24, 2.45) is 0 Å². The fourth-order valence-electron chi connectivity index (χ4n) is 1.70. The van der Waals surface area contributed by atoms with Gasteiger partial charge in [0.2, 0.25) is 0 Å². The predicted octanol–water partition coefficient (Wildman–Crippen LogP) is 3.00. The number of halogens is 2. The first-order valence-electron chi connectivity index (χ1n) is 5.59. The van der Waals surface area contributed by atoms with Gasteiger partial charge in [-0.2, -0.15) is 0 Å². The Balaban J connectivity index is 2.16. The van der Waals surface area contributed by atoms with E-state index in [1.54, 1.807) is 18.6 Å². The van der Waals surface area contributed by atoms with Gasteiger partial charge in [0.1, 0.15) is 5.82 Å². The van der Waals surface area contributed by atoms with Crippen LogP contribution in [0, 0.1) is 5.82 Å². The lowest BCUT2D eigenvalue weighted by atomic mass is 10.2. The summed E-state index contributed by atoms with van der Waals surface area (Å²) in [5, 5.41) is 3.12. The van der Waals surface area contributed by atoms with Crippen molar-refractivity contribution < 1.29 is 4.39 Å². The molecule has 0 saturated carbocycles. The zero-order valence-electron chi connectivity index (χ0n) is 9.95. The molecule has 1 heterocycles. The third-order valence-corrected chi connectivity index (χ3v) is 3.15. The monoisotopic (exact) mass is 312 g/mol. The van der Waals surface area contributed by atoms with Gasteiger partial charge in [-0.05, 0) is 19.1 Å². The van der Waals surface area contributed by atoms with Crippen molar-refractivity contribution in [2.75, 3.05) is 11.1 Å². The molecule has 3 N–H and O–H groups in total. The van der Waals surface area contributed by atoms with Gasteiger partial charge < -0.3 is 15.6 Å². The predicted molar refractivity (Wildman–Crippen MR) is 73.7 cm³/mol. The summed E-state index contributed by atoms with van der Waals surface area (Å²) >= 11 is 3.24. The summed E-state index contributed by atoms with van der Waals surface area (Å²) < 4.78 is 16.1. The quantitative estimate of drug-likeness (QED) is 0.853. The van der Waals surface area contributed by atoms with Crippen LogP contribution in [0.4, 0.5) is 15.8 Å². The number of benzene rings is 1. The van der Waals surface area contributed by atoms with E-state index < -0.39 is 5.82 Å². The van der Waals surface area contributed by atoms with Crippen LogP contribution in [-0.2, 0) is 13.1 Å². The van der Waals surface area contributed by atoms with Gasteiger partial charge in [0.05, 0.1) is 29.9 Å². The van der Waals surface area contributed by atoms with E-state index in [2.05, 4.69) is 26.2 Å². The Morgan fingerprint density at radius 3 is 3.00 bits per heavy atom. The molecule has 2 aromatic rings. The van der Waals surface area contributed by atoms with Crippen molar-refractivity contribution in [2.45, 2.75) is 20.0 Å². The van der Waals surface area contributed by atoms with Crippen molar-refractivity contribution >= 4 is 27.3 Å². The van der Waals surface area contributed by atoms with E-state index in [9.17, 15) is 4.39 Å². The molecule has 0 bridgehead atoms. The SMILES string of the molecule is CCn1cncc1CNc1cc(Br)cc(F)c1N. The van der Waals surface area contributed by atoms with Gasteiger partial charge in [-0.3, -0.25) is 0 Å².